The van der Waals surface area contributed by atoms with Gasteiger partial charge in [0.25, 0.3) is 0 Å². The molecule has 0 atom stereocenters. The van der Waals surface area contributed by atoms with Crippen molar-refractivity contribution in [1.82, 2.24) is 14.8 Å². The minimum Gasteiger partial charge on any atom is -0.440 e. The van der Waals surface area contributed by atoms with Gasteiger partial charge in [0, 0.05) is 24.6 Å². The molecule has 0 fully saturated rings. The Morgan fingerprint density at radius 2 is 2.15 bits per heavy atom. The van der Waals surface area contributed by atoms with Crippen LogP contribution in [0.25, 0.3) is 11.1 Å². The second kappa shape index (κ2) is 7.51. The van der Waals surface area contributed by atoms with Crippen molar-refractivity contribution in [2.45, 2.75) is 39.8 Å². The van der Waals surface area contributed by atoms with Gasteiger partial charge in [-0.3, -0.25) is 4.79 Å². The number of alkyl halides is 2. The quantitative estimate of drug-likeness (QED) is 0.695. The Kier molecular flexibility index (Phi) is 5.15. The molecule has 1 N–H and O–H groups in total. The summed E-state index contributed by atoms with van der Waals surface area (Å²) in [6.07, 6.45) is 2.08. The smallest absolute Gasteiger partial charge is 0.387 e. The maximum Gasteiger partial charge on any atom is 0.387 e. The van der Waals surface area contributed by atoms with E-state index >= 15 is 0 Å². The number of amides is 1. The predicted molar refractivity (Wildman–Crippen MR) is 90.3 cm³/mol. The fourth-order valence-electron chi connectivity index (χ4n) is 2.61. The zero-order valence-electron chi connectivity index (χ0n) is 14.3. The van der Waals surface area contributed by atoms with Gasteiger partial charge in [-0.15, -0.1) is 0 Å². The molecule has 0 unspecified atom stereocenters. The van der Waals surface area contributed by atoms with Crippen LogP contribution < -0.4 is 10.1 Å². The highest BCUT2D eigenvalue weighted by Gasteiger charge is 2.19. The van der Waals surface area contributed by atoms with E-state index in [1.54, 1.807) is 16.9 Å². The fourth-order valence-corrected chi connectivity index (χ4v) is 2.61. The van der Waals surface area contributed by atoms with Crippen LogP contribution in [0.1, 0.15) is 25.3 Å². The van der Waals surface area contributed by atoms with Crippen LogP contribution in [0.15, 0.2) is 28.8 Å². The third-order valence-corrected chi connectivity index (χ3v) is 3.79. The molecule has 0 aliphatic rings. The highest BCUT2D eigenvalue weighted by molar-refractivity contribution is 5.94. The van der Waals surface area contributed by atoms with Crippen LogP contribution in [0.3, 0.4) is 0 Å². The number of carbonyl (C=O) groups excluding carboxylic acids is 1. The Morgan fingerprint density at radius 1 is 1.35 bits per heavy atom. The summed E-state index contributed by atoms with van der Waals surface area (Å²) in [6.45, 7) is 1.39. The summed E-state index contributed by atoms with van der Waals surface area (Å²) in [5.74, 6) is 0.611. The van der Waals surface area contributed by atoms with Crippen LogP contribution in [0, 0.1) is 0 Å². The second-order valence-electron chi connectivity index (χ2n) is 5.50. The molecule has 0 radical (unpaired) electrons. The SMILES string of the molecule is CCc1nc2c(OC(F)F)ccc(CC(=O)Nc3ccnn3CC)c2o1. The summed E-state index contributed by atoms with van der Waals surface area (Å²) in [5.41, 5.74) is 0.999. The summed E-state index contributed by atoms with van der Waals surface area (Å²) in [7, 11) is 0. The number of aromatic nitrogens is 3. The maximum absolute atomic E-state index is 12.6. The molecule has 0 spiro atoms. The van der Waals surface area contributed by atoms with Gasteiger partial charge >= 0.3 is 6.61 Å². The Balaban J connectivity index is 1.87. The molecule has 1 amide bonds. The minimum atomic E-state index is -2.97. The van der Waals surface area contributed by atoms with Crippen molar-refractivity contribution in [3.63, 3.8) is 0 Å². The average Bonchev–Trinajstić information content (AvgIpc) is 3.23. The summed E-state index contributed by atoms with van der Waals surface area (Å²) in [5, 5.41) is 6.85. The summed E-state index contributed by atoms with van der Waals surface area (Å²) in [6, 6.07) is 4.59. The Morgan fingerprint density at radius 3 is 2.85 bits per heavy atom. The van der Waals surface area contributed by atoms with Crippen molar-refractivity contribution in [1.29, 1.82) is 0 Å². The van der Waals surface area contributed by atoms with Crippen LogP contribution in [-0.4, -0.2) is 27.3 Å². The highest BCUT2D eigenvalue weighted by atomic mass is 19.3. The van der Waals surface area contributed by atoms with E-state index in [9.17, 15) is 13.6 Å². The minimum absolute atomic E-state index is 0.00129. The zero-order chi connectivity index (χ0) is 18.7. The van der Waals surface area contributed by atoms with E-state index in [-0.39, 0.29) is 29.2 Å². The first-order valence-corrected chi connectivity index (χ1v) is 8.19. The lowest BCUT2D eigenvalue weighted by atomic mass is 10.1. The van der Waals surface area contributed by atoms with Gasteiger partial charge in [0.05, 0.1) is 12.6 Å². The molecule has 7 nitrogen and oxygen atoms in total. The first-order chi connectivity index (χ1) is 12.5. The highest BCUT2D eigenvalue weighted by Crippen LogP contribution is 2.30. The van der Waals surface area contributed by atoms with Crippen molar-refractivity contribution in [3.8, 4) is 5.75 Å². The molecule has 0 aliphatic carbocycles. The zero-order valence-corrected chi connectivity index (χ0v) is 14.3. The molecule has 0 aliphatic heterocycles. The lowest BCUT2D eigenvalue weighted by Gasteiger charge is -2.09. The van der Waals surface area contributed by atoms with Gasteiger partial charge in [-0.1, -0.05) is 13.0 Å². The van der Waals surface area contributed by atoms with Gasteiger partial charge in [0.15, 0.2) is 22.7 Å². The van der Waals surface area contributed by atoms with Gasteiger partial charge in [0.1, 0.15) is 5.82 Å². The van der Waals surface area contributed by atoms with Crippen LogP contribution in [0.4, 0.5) is 14.6 Å². The summed E-state index contributed by atoms with van der Waals surface area (Å²) < 4.78 is 36.9. The Labute approximate surface area is 148 Å². The standard InChI is InChI=1S/C17H18F2N4O3/c1-3-14-22-15-11(25-17(18)19)6-5-10(16(15)26-14)9-13(24)21-12-7-8-20-23(12)4-2/h5-8,17H,3-4,9H2,1-2H3,(H,21,24). The van der Waals surface area contributed by atoms with Crippen molar-refractivity contribution in [2.24, 2.45) is 0 Å². The monoisotopic (exact) mass is 364 g/mol. The predicted octanol–water partition coefficient (Wildman–Crippen LogP) is 3.39. The molecule has 0 saturated carbocycles. The maximum atomic E-state index is 12.6. The molecule has 3 aromatic rings. The molecular formula is C17H18F2N4O3. The van der Waals surface area contributed by atoms with Crippen LogP contribution in [-0.2, 0) is 24.2 Å². The number of carbonyl (C=O) groups is 1. The Hall–Kier alpha value is -2.97. The summed E-state index contributed by atoms with van der Waals surface area (Å²) >= 11 is 0. The van der Waals surface area contributed by atoms with E-state index in [1.165, 1.54) is 12.1 Å². The Bertz CT molecular complexity index is 920. The van der Waals surface area contributed by atoms with Crippen molar-refractivity contribution in [2.75, 3.05) is 5.32 Å². The number of nitrogens with zero attached hydrogens (tertiary/aromatic N) is 3. The van der Waals surface area contributed by atoms with Crippen LogP contribution in [0.5, 0.6) is 5.75 Å². The molecule has 138 valence electrons. The fraction of sp³-hybridized carbons (Fsp3) is 0.353. The van der Waals surface area contributed by atoms with Crippen molar-refractivity contribution < 1.29 is 22.7 Å². The molecule has 9 heteroatoms. The number of ether oxygens (including phenoxy) is 1. The average molecular weight is 364 g/mol. The number of nitrogens with one attached hydrogen (secondary N) is 1. The third-order valence-electron chi connectivity index (χ3n) is 3.79. The van der Waals surface area contributed by atoms with Gasteiger partial charge < -0.3 is 14.5 Å². The van der Waals surface area contributed by atoms with Gasteiger partial charge in [0.2, 0.25) is 5.91 Å². The normalized spacial score (nSPS) is 11.3. The van der Waals surface area contributed by atoms with E-state index in [1.807, 2.05) is 13.8 Å². The first kappa shape index (κ1) is 17.8. The van der Waals surface area contributed by atoms with E-state index in [2.05, 4.69) is 20.1 Å². The van der Waals surface area contributed by atoms with E-state index in [4.69, 9.17) is 4.42 Å². The number of rotatable bonds is 7. The molecule has 1 aromatic carbocycles. The summed E-state index contributed by atoms with van der Waals surface area (Å²) in [4.78, 5) is 16.5. The molecule has 0 saturated heterocycles. The van der Waals surface area contributed by atoms with Gasteiger partial charge in [-0.2, -0.15) is 13.9 Å². The largest absolute Gasteiger partial charge is 0.440 e. The van der Waals surface area contributed by atoms with E-state index in [0.29, 0.717) is 30.2 Å². The van der Waals surface area contributed by atoms with Crippen molar-refractivity contribution >= 4 is 22.8 Å². The van der Waals surface area contributed by atoms with Crippen LogP contribution in [0.2, 0.25) is 0 Å². The van der Waals surface area contributed by atoms with Gasteiger partial charge in [-0.05, 0) is 13.0 Å². The second-order valence-corrected chi connectivity index (χ2v) is 5.50. The molecule has 26 heavy (non-hydrogen) atoms. The number of hydrogen-bond donors (Lipinski definition) is 1. The molecular weight excluding hydrogens is 346 g/mol. The number of benzene rings is 1. The lowest BCUT2D eigenvalue weighted by molar-refractivity contribution is -0.115. The number of oxazole rings is 1. The lowest BCUT2D eigenvalue weighted by Crippen LogP contribution is -2.17. The topological polar surface area (TPSA) is 82.2 Å². The van der Waals surface area contributed by atoms with Gasteiger partial charge in [-0.25, -0.2) is 9.67 Å². The number of halogens is 2. The number of fused-ring (bicyclic) bond motifs is 1. The number of hydrogen-bond acceptors (Lipinski definition) is 5. The van der Waals surface area contributed by atoms with E-state index < -0.39 is 6.61 Å². The number of anilines is 1. The first-order valence-electron chi connectivity index (χ1n) is 8.19. The number of aryl methyl sites for hydroxylation is 2. The molecule has 0 bridgehead atoms. The third kappa shape index (κ3) is 3.66. The van der Waals surface area contributed by atoms with Crippen molar-refractivity contribution in [3.05, 3.63) is 35.9 Å². The van der Waals surface area contributed by atoms with Crippen LogP contribution >= 0.6 is 0 Å². The van der Waals surface area contributed by atoms with E-state index in [0.717, 1.165) is 0 Å². The molecule has 3 rings (SSSR count). The molecule has 2 aromatic heterocycles. The molecule has 2 heterocycles.